The zero-order valence-corrected chi connectivity index (χ0v) is 9.81. The molecule has 0 radical (unpaired) electrons. The lowest BCUT2D eigenvalue weighted by Gasteiger charge is -2.16. The number of hydrogen-bond donors (Lipinski definition) is 0. The SMILES string of the molecule is CCOc1cc(C)cc(C(F)(F)F)c1C(C)=O. The van der Waals surface area contributed by atoms with Crippen molar-refractivity contribution in [3.8, 4) is 5.75 Å². The number of halogens is 3. The van der Waals surface area contributed by atoms with Crippen LogP contribution in [0.2, 0.25) is 0 Å². The summed E-state index contributed by atoms with van der Waals surface area (Å²) < 4.78 is 43.5. The number of aryl methyl sites for hydroxylation is 1. The first-order valence-corrected chi connectivity index (χ1v) is 5.13. The molecule has 0 amide bonds. The van der Waals surface area contributed by atoms with Gasteiger partial charge in [-0.2, -0.15) is 13.2 Å². The van der Waals surface area contributed by atoms with Crippen molar-refractivity contribution < 1.29 is 22.7 Å². The van der Waals surface area contributed by atoms with Crippen LogP contribution >= 0.6 is 0 Å². The number of hydrogen-bond acceptors (Lipinski definition) is 2. The van der Waals surface area contributed by atoms with E-state index in [0.717, 1.165) is 13.0 Å². The molecule has 94 valence electrons. The van der Waals surface area contributed by atoms with Crippen LogP contribution in [-0.2, 0) is 6.18 Å². The molecule has 0 saturated carbocycles. The highest BCUT2D eigenvalue weighted by Gasteiger charge is 2.36. The molecule has 0 aromatic heterocycles. The van der Waals surface area contributed by atoms with Gasteiger partial charge in [0.05, 0.1) is 17.7 Å². The molecule has 1 aromatic rings. The second-order valence-corrected chi connectivity index (χ2v) is 3.67. The van der Waals surface area contributed by atoms with E-state index in [4.69, 9.17) is 4.74 Å². The molecule has 2 nitrogen and oxygen atoms in total. The van der Waals surface area contributed by atoms with Gasteiger partial charge in [0, 0.05) is 0 Å². The number of rotatable bonds is 3. The minimum absolute atomic E-state index is 0.00711. The highest BCUT2D eigenvalue weighted by Crippen LogP contribution is 2.37. The smallest absolute Gasteiger partial charge is 0.417 e. The Morgan fingerprint density at radius 2 is 1.94 bits per heavy atom. The zero-order valence-electron chi connectivity index (χ0n) is 9.81. The quantitative estimate of drug-likeness (QED) is 0.761. The molecule has 1 rings (SSSR count). The normalized spacial score (nSPS) is 11.4. The second kappa shape index (κ2) is 4.77. The molecule has 5 heteroatoms. The Balaban J connectivity index is 3.52. The largest absolute Gasteiger partial charge is 0.493 e. The second-order valence-electron chi connectivity index (χ2n) is 3.67. The number of ether oxygens (including phenoxy) is 1. The van der Waals surface area contributed by atoms with Crippen molar-refractivity contribution in [2.75, 3.05) is 6.61 Å². The average Bonchev–Trinajstić information content (AvgIpc) is 2.15. The molecule has 0 saturated heterocycles. The Kier molecular flexibility index (Phi) is 3.80. The molecule has 0 atom stereocenters. The third-order valence-electron chi connectivity index (χ3n) is 2.20. The molecule has 0 heterocycles. The van der Waals surface area contributed by atoms with Crippen molar-refractivity contribution in [2.24, 2.45) is 0 Å². The molecule has 0 bridgehead atoms. The van der Waals surface area contributed by atoms with Gasteiger partial charge in [-0.15, -0.1) is 0 Å². The standard InChI is InChI=1S/C12H13F3O2/c1-4-17-10-6-7(2)5-9(12(13,14)15)11(10)8(3)16/h5-6H,4H2,1-3H3. The Bertz CT molecular complexity index is 436. The fraction of sp³-hybridized carbons (Fsp3) is 0.417. The summed E-state index contributed by atoms with van der Waals surface area (Å²) in [6.45, 7) is 4.49. The van der Waals surface area contributed by atoms with Crippen LogP contribution in [0, 0.1) is 6.92 Å². The number of alkyl halides is 3. The third-order valence-corrected chi connectivity index (χ3v) is 2.20. The monoisotopic (exact) mass is 246 g/mol. The number of carbonyl (C=O) groups excluding carboxylic acids is 1. The molecule has 0 unspecified atom stereocenters. The van der Waals surface area contributed by atoms with Gasteiger partial charge in [-0.25, -0.2) is 0 Å². The van der Waals surface area contributed by atoms with E-state index >= 15 is 0 Å². The van der Waals surface area contributed by atoms with E-state index < -0.39 is 23.1 Å². The van der Waals surface area contributed by atoms with Gasteiger partial charge in [-0.05, 0) is 38.5 Å². The molecule has 0 aliphatic carbocycles. The van der Waals surface area contributed by atoms with Crippen molar-refractivity contribution in [3.05, 3.63) is 28.8 Å². The third kappa shape index (κ3) is 2.99. The lowest BCUT2D eigenvalue weighted by molar-refractivity contribution is -0.138. The van der Waals surface area contributed by atoms with Crippen molar-refractivity contribution in [1.82, 2.24) is 0 Å². The number of benzene rings is 1. The van der Waals surface area contributed by atoms with Gasteiger partial charge in [0.2, 0.25) is 0 Å². The molecule has 0 N–H and O–H groups in total. The van der Waals surface area contributed by atoms with Crippen molar-refractivity contribution in [1.29, 1.82) is 0 Å². The van der Waals surface area contributed by atoms with Gasteiger partial charge < -0.3 is 4.74 Å². The van der Waals surface area contributed by atoms with E-state index in [1.807, 2.05) is 0 Å². The minimum Gasteiger partial charge on any atom is -0.493 e. The Labute approximate surface area is 97.4 Å². The zero-order chi connectivity index (χ0) is 13.2. The van der Waals surface area contributed by atoms with Gasteiger partial charge in [0.15, 0.2) is 5.78 Å². The maximum atomic E-state index is 12.8. The minimum atomic E-state index is -4.56. The van der Waals surface area contributed by atoms with Crippen LogP contribution in [0.15, 0.2) is 12.1 Å². The Morgan fingerprint density at radius 3 is 2.35 bits per heavy atom. The van der Waals surface area contributed by atoms with Crippen molar-refractivity contribution in [3.63, 3.8) is 0 Å². The van der Waals surface area contributed by atoms with Gasteiger partial charge in [0.25, 0.3) is 0 Å². The Morgan fingerprint density at radius 1 is 1.35 bits per heavy atom. The van der Waals surface area contributed by atoms with E-state index in [1.165, 1.54) is 13.0 Å². The summed E-state index contributed by atoms with van der Waals surface area (Å²) in [5, 5.41) is 0. The van der Waals surface area contributed by atoms with Crippen LogP contribution in [0.25, 0.3) is 0 Å². The summed E-state index contributed by atoms with van der Waals surface area (Å²) in [7, 11) is 0. The molecular formula is C12H13F3O2. The van der Waals surface area contributed by atoms with Crippen LogP contribution < -0.4 is 4.74 Å². The highest BCUT2D eigenvalue weighted by molar-refractivity contribution is 5.98. The molecule has 17 heavy (non-hydrogen) atoms. The number of ketones is 1. The first-order valence-electron chi connectivity index (χ1n) is 5.13. The van der Waals surface area contributed by atoms with E-state index in [2.05, 4.69) is 0 Å². The van der Waals surface area contributed by atoms with Crippen molar-refractivity contribution >= 4 is 5.78 Å². The van der Waals surface area contributed by atoms with Crippen LogP contribution in [0.4, 0.5) is 13.2 Å². The predicted octanol–water partition coefficient (Wildman–Crippen LogP) is 3.62. The summed E-state index contributed by atoms with van der Waals surface area (Å²) >= 11 is 0. The topological polar surface area (TPSA) is 26.3 Å². The first-order chi connectivity index (χ1) is 7.77. The number of carbonyl (C=O) groups is 1. The summed E-state index contributed by atoms with van der Waals surface area (Å²) in [5.41, 5.74) is -0.927. The Hall–Kier alpha value is -1.52. The lowest BCUT2D eigenvalue weighted by Crippen LogP contribution is -2.14. The summed E-state index contributed by atoms with van der Waals surface area (Å²) in [4.78, 5) is 11.3. The van der Waals surface area contributed by atoms with Crippen molar-refractivity contribution in [2.45, 2.75) is 26.9 Å². The fourth-order valence-corrected chi connectivity index (χ4v) is 1.61. The lowest BCUT2D eigenvalue weighted by atomic mass is 10.00. The number of Topliss-reactive ketones (excluding diaryl/α,β-unsaturated/α-hetero) is 1. The molecule has 0 aliphatic rings. The van der Waals surface area contributed by atoms with Crippen LogP contribution in [-0.4, -0.2) is 12.4 Å². The molecule has 0 fully saturated rings. The van der Waals surface area contributed by atoms with Crippen LogP contribution in [0.1, 0.15) is 35.3 Å². The average molecular weight is 246 g/mol. The summed E-state index contributed by atoms with van der Waals surface area (Å²) in [6.07, 6.45) is -4.56. The van der Waals surface area contributed by atoms with E-state index in [1.54, 1.807) is 6.92 Å². The molecule has 0 spiro atoms. The van der Waals surface area contributed by atoms with Gasteiger partial charge in [-0.3, -0.25) is 4.79 Å². The molecule has 0 aliphatic heterocycles. The molecule has 1 aromatic carbocycles. The van der Waals surface area contributed by atoms with Gasteiger partial charge >= 0.3 is 6.18 Å². The highest BCUT2D eigenvalue weighted by atomic mass is 19.4. The van der Waals surface area contributed by atoms with E-state index in [0.29, 0.717) is 5.56 Å². The van der Waals surface area contributed by atoms with Crippen LogP contribution in [0.5, 0.6) is 5.75 Å². The van der Waals surface area contributed by atoms with Gasteiger partial charge in [-0.1, -0.05) is 0 Å². The van der Waals surface area contributed by atoms with E-state index in [9.17, 15) is 18.0 Å². The summed E-state index contributed by atoms with van der Waals surface area (Å²) in [6, 6.07) is 2.40. The van der Waals surface area contributed by atoms with E-state index in [-0.39, 0.29) is 12.4 Å². The maximum Gasteiger partial charge on any atom is 0.417 e. The fourth-order valence-electron chi connectivity index (χ4n) is 1.61. The first kappa shape index (κ1) is 13.5. The summed E-state index contributed by atoms with van der Waals surface area (Å²) in [5.74, 6) is -0.659. The predicted molar refractivity (Wildman–Crippen MR) is 57.4 cm³/mol. The maximum absolute atomic E-state index is 12.8. The molecular weight excluding hydrogens is 233 g/mol. The van der Waals surface area contributed by atoms with Gasteiger partial charge in [0.1, 0.15) is 5.75 Å². The van der Waals surface area contributed by atoms with Crippen LogP contribution in [0.3, 0.4) is 0 Å².